The number of nitriles is 1. The zero-order chi connectivity index (χ0) is 14.7. The summed E-state index contributed by atoms with van der Waals surface area (Å²) in [6.07, 6.45) is 0. The van der Waals surface area contributed by atoms with Gasteiger partial charge in [0.05, 0.1) is 18.2 Å². The van der Waals surface area contributed by atoms with Gasteiger partial charge in [0, 0.05) is 5.56 Å². The number of halogens is 2. The van der Waals surface area contributed by atoms with Crippen molar-refractivity contribution in [1.82, 2.24) is 0 Å². The van der Waals surface area contributed by atoms with Gasteiger partial charge in [0.2, 0.25) is 0 Å². The average Bonchev–Trinajstić information content (AvgIpc) is 2.45. The number of carbonyl (C=O) groups is 1. The summed E-state index contributed by atoms with van der Waals surface area (Å²) in [5.41, 5.74) is 0.253. The van der Waals surface area contributed by atoms with Gasteiger partial charge in [0.25, 0.3) is 0 Å². The van der Waals surface area contributed by atoms with Crippen molar-refractivity contribution in [2.45, 2.75) is 0 Å². The van der Waals surface area contributed by atoms with Crippen molar-refractivity contribution < 1.29 is 18.3 Å². The molecule has 0 heterocycles. The first-order valence-corrected chi connectivity index (χ1v) is 5.64. The lowest BCUT2D eigenvalue weighted by Gasteiger charge is -2.07. The summed E-state index contributed by atoms with van der Waals surface area (Å²) in [6.45, 7) is 0. The second-order valence-electron chi connectivity index (χ2n) is 3.99. The Labute approximate surface area is 114 Å². The molecule has 0 saturated carbocycles. The summed E-state index contributed by atoms with van der Waals surface area (Å²) < 4.78 is 31.6. The topological polar surface area (TPSA) is 50.1 Å². The smallest absolute Gasteiger partial charge is 0.337 e. The molecule has 0 radical (unpaired) electrons. The first-order valence-electron chi connectivity index (χ1n) is 5.64. The van der Waals surface area contributed by atoms with Crippen LogP contribution in [0.1, 0.15) is 15.9 Å². The molecule has 3 nitrogen and oxygen atoms in total. The van der Waals surface area contributed by atoms with Crippen molar-refractivity contribution in [3.8, 4) is 17.2 Å². The van der Waals surface area contributed by atoms with Gasteiger partial charge in [-0.2, -0.15) is 5.26 Å². The number of esters is 1. The van der Waals surface area contributed by atoms with Crippen LogP contribution in [0.15, 0.2) is 36.4 Å². The fraction of sp³-hybridized carbons (Fsp3) is 0.0667. The Morgan fingerprint density at radius 2 is 2.00 bits per heavy atom. The summed E-state index contributed by atoms with van der Waals surface area (Å²) in [4.78, 5) is 11.4. The molecule has 0 spiro atoms. The van der Waals surface area contributed by atoms with Gasteiger partial charge in [-0.05, 0) is 29.8 Å². The van der Waals surface area contributed by atoms with Gasteiger partial charge in [-0.3, -0.25) is 0 Å². The number of carbonyl (C=O) groups excluding carboxylic acids is 1. The highest BCUT2D eigenvalue weighted by Crippen LogP contribution is 2.27. The van der Waals surface area contributed by atoms with E-state index >= 15 is 0 Å². The van der Waals surface area contributed by atoms with Crippen molar-refractivity contribution in [2.75, 3.05) is 7.11 Å². The Balaban J connectivity index is 2.65. The van der Waals surface area contributed by atoms with Crippen LogP contribution in [0.2, 0.25) is 0 Å². The van der Waals surface area contributed by atoms with Gasteiger partial charge in [0.1, 0.15) is 17.7 Å². The lowest BCUT2D eigenvalue weighted by molar-refractivity contribution is 0.0600. The molecule has 5 heteroatoms. The maximum absolute atomic E-state index is 13.6. The van der Waals surface area contributed by atoms with E-state index in [1.54, 1.807) is 6.07 Å². The van der Waals surface area contributed by atoms with Gasteiger partial charge in [0.15, 0.2) is 0 Å². The highest BCUT2D eigenvalue weighted by molar-refractivity contribution is 5.91. The van der Waals surface area contributed by atoms with Crippen LogP contribution in [0.5, 0.6) is 0 Å². The van der Waals surface area contributed by atoms with Crippen LogP contribution in [0, 0.1) is 23.0 Å². The third kappa shape index (κ3) is 2.50. The molecule has 0 bridgehead atoms. The van der Waals surface area contributed by atoms with Crippen LogP contribution in [-0.4, -0.2) is 13.1 Å². The van der Waals surface area contributed by atoms with Crippen LogP contribution in [0.25, 0.3) is 11.1 Å². The minimum absolute atomic E-state index is 0.00403. The molecule has 2 rings (SSSR count). The Morgan fingerprint density at radius 1 is 1.25 bits per heavy atom. The largest absolute Gasteiger partial charge is 0.465 e. The second kappa shape index (κ2) is 5.49. The zero-order valence-corrected chi connectivity index (χ0v) is 10.5. The molecule has 2 aromatic carbocycles. The Kier molecular flexibility index (Phi) is 3.76. The Morgan fingerprint density at radius 3 is 2.65 bits per heavy atom. The van der Waals surface area contributed by atoms with E-state index in [-0.39, 0.29) is 22.3 Å². The molecule has 0 N–H and O–H groups in total. The van der Waals surface area contributed by atoms with E-state index in [4.69, 9.17) is 5.26 Å². The van der Waals surface area contributed by atoms with E-state index in [1.165, 1.54) is 25.3 Å². The highest BCUT2D eigenvalue weighted by atomic mass is 19.1. The van der Waals surface area contributed by atoms with Gasteiger partial charge >= 0.3 is 5.97 Å². The number of ether oxygens (including phenoxy) is 1. The number of methoxy groups -OCH3 is 1. The maximum atomic E-state index is 13.6. The van der Waals surface area contributed by atoms with Gasteiger partial charge in [-0.25, -0.2) is 13.6 Å². The number of nitrogens with zero attached hydrogens (tertiary/aromatic N) is 1. The van der Waals surface area contributed by atoms with Crippen molar-refractivity contribution in [2.24, 2.45) is 0 Å². The summed E-state index contributed by atoms with van der Waals surface area (Å²) in [7, 11) is 1.18. The minimum Gasteiger partial charge on any atom is -0.465 e. The van der Waals surface area contributed by atoms with Crippen LogP contribution in [-0.2, 0) is 4.74 Å². The molecular weight excluding hydrogens is 264 g/mol. The fourth-order valence-electron chi connectivity index (χ4n) is 1.86. The van der Waals surface area contributed by atoms with E-state index in [1.807, 2.05) is 0 Å². The maximum Gasteiger partial charge on any atom is 0.337 e. The SMILES string of the molecule is COC(=O)c1cc(F)cc(-c2cccc(F)c2C#N)c1. The summed E-state index contributed by atoms with van der Waals surface area (Å²) in [5, 5.41) is 8.98. The molecule has 0 aliphatic heterocycles. The van der Waals surface area contributed by atoms with Crippen LogP contribution < -0.4 is 0 Å². The first kappa shape index (κ1) is 13.7. The standard InChI is InChI=1S/C15H9F2NO2/c1-20-15(19)10-5-9(6-11(16)7-10)12-3-2-4-14(17)13(12)8-18/h2-7H,1H3. The lowest BCUT2D eigenvalue weighted by atomic mass is 9.98. The third-order valence-corrected chi connectivity index (χ3v) is 2.76. The van der Waals surface area contributed by atoms with Crippen molar-refractivity contribution >= 4 is 5.97 Å². The molecule has 0 aliphatic rings. The lowest BCUT2D eigenvalue weighted by Crippen LogP contribution is -2.02. The van der Waals surface area contributed by atoms with Crippen LogP contribution in [0.4, 0.5) is 8.78 Å². The van der Waals surface area contributed by atoms with E-state index in [0.717, 1.165) is 18.2 Å². The van der Waals surface area contributed by atoms with Gasteiger partial charge in [-0.1, -0.05) is 12.1 Å². The first-order chi connectivity index (χ1) is 9.56. The van der Waals surface area contributed by atoms with Crippen LogP contribution >= 0.6 is 0 Å². The van der Waals surface area contributed by atoms with Crippen molar-refractivity contribution in [1.29, 1.82) is 5.26 Å². The summed E-state index contributed by atoms with van der Waals surface area (Å²) in [6, 6.07) is 9.26. The molecule has 0 aromatic heterocycles. The quantitative estimate of drug-likeness (QED) is 0.789. The fourth-order valence-corrected chi connectivity index (χ4v) is 1.86. The predicted octanol–water partition coefficient (Wildman–Crippen LogP) is 3.29. The van der Waals surface area contributed by atoms with Crippen LogP contribution in [0.3, 0.4) is 0 Å². The normalized spacial score (nSPS) is 9.90. The molecule has 100 valence electrons. The summed E-state index contributed by atoms with van der Waals surface area (Å²) in [5.74, 6) is -2.08. The number of benzene rings is 2. The second-order valence-corrected chi connectivity index (χ2v) is 3.99. The minimum atomic E-state index is -0.708. The molecule has 0 fully saturated rings. The van der Waals surface area contributed by atoms with E-state index < -0.39 is 17.6 Å². The third-order valence-electron chi connectivity index (χ3n) is 2.76. The number of hydrogen-bond acceptors (Lipinski definition) is 3. The van der Waals surface area contributed by atoms with Crippen molar-refractivity contribution in [3.63, 3.8) is 0 Å². The molecular formula is C15H9F2NO2. The molecule has 0 unspecified atom stereocenters. The van der Waals surface area contributed by atoms with E-state index in [0.29, 0.717) is 0 Å². The van der Waals surface area contributed by atoms with Crippen molar-refractivity contribution in [3.05, 3.63) is 59.2 Å². The molecule has 0 aliphatic carbocycles. The highest BCUT2D eigenvalue weighted by Gasteiger charge is 2.14. The Bertz CT molecular complexity index is 720. The Hall–Kier alpha value is -2.74. The van der Waals surface area contributed by atoms with E-state index in [9.17, 15) is 13.6 Å². The molecule has 0 amide bonds. The predicted molar refractivity (Wildman–Crippen MR) is 67.8 cm³/mol. The molecule has 0 atom stereocenters. The van der Waals surface area contributed by atoms with Gasteiger partial charge < -0.3 is 4.74 Å². The zero-order valence-electron chi connectivity index (χ0n) is 10.5. The number of rotatable bonds is 2. The molecule has 2 aromatic rings. The average molecular weight is 273 g/mol. The molecule has 0 saturated heterocycles. The number of hydrogen-bond donors (Lipinski definition) is 0. The summed E-state index contributed by atoms with van der Waals surface area (Å²) >= 11 is 0. The van der Waals surface area contributed by atoms with E-state index in [2.05, 4.69) is 4.74 Å². The monoisotopic (exact) mass is 273 g/mol. The van der Waals surface area contributed by atoms with Gasteiger partial charge in [-0.15, -0.1) is 0 Å². The molecule has 20 heavy (non-hydrogen) atoms.